The maximum Gasteiger partial charge on any atom is 0.164 e. The SMILES string of the molecule is c1ccc(-c2nc(C3=c4ccccc4=C(c4cccc5oc6cc(-c7ccc8ccccc8c7)ccc6c45)CC3)nc(-c3ccccc3)n2)cc1. The van der Waals surface area contributed by atoms with E-state index in [1.807, 2.05) is 36.4 Å². The molecule has 2 heterocycles. The Hall–Kier alpha value is -6.65. The molecule has 1 aliphatic carbocycles. The van der Waals surface area contributed by atoms with Crippen molar-refractivity contribution in [1.29, 1.82) is 0 Å². The van der Waals surface area contributed by atoms with Gasteiger partial charge in [0.2, 0.25) is 0 Å². The van der Waals surface area contributed by atoms with Crippen LogP contribution in [-0.2, 0) is 0 Å². The van der Waals surface area contributed by atoms with Gasteiger partial charge in [-0.25, -0.2) is 15.0 Å². The van der Waals surface area contributed by atoms with E-state index in [-0.39, 0.29) is 0 Å². The van der Waals surface area contributed by atoms with Gasteiger partial charge in [-0.3, -0.25) is 0 Å². The summed E-state index contributed by atoms with van der Waals surface area (Å²) in [5.41, 5.74) is 9.71. The van der Waals surface area contributed by atoms with Gasteiger partial charge in [-0.15, -0.1) is 0 Å². The lowest BCUT2D eigenvalue weighted by Gasteiger charge is -2.18. The summed E-state index contributed by atoms with van der Waals surface area (Å²) < 4.78 is 6.58. The highest BCUT2D eigenvalue weighted by Gasteiger charge is 2.21. The fourth-order valence-corrected chi connectivity index (χ4v) is 7.61. The van der Waals surface area contributed by atoms with E-state index in [4.69, 9.17) is 19.4 Å². The van der Waals surface area contributed by atoms with E-state index < -0.39 is 0 Å². The summed E-state index contributed by atoms with van der Waals surface area (Å²) in [6.07, 6.45) is 1.65. The second kappa shape index (κ2) is 12.0. The highest BCUT2D eigenvalue weighted by molar-refractivity contribution is 6.11. The van der Waals surface area contributed by atoms with Crippen molar-refractivity contribution < 1.29 is 4.42 Å². The molecule has 0 spiro atoms. The number of fused-ring (bicyclic) bond motifs is 5. The molecule has 0 N–H and O–H groups in total. The molecular formula is C47H31N3O. The average Bonchev–Trinajstić information content (AvgIpc) is 3.59. The van der Waals surface area contributed by atoms with Crippen LogP contribution in [-0.4, -0.2) is 15.0 Å². The van der Waals surface area contributed by atoms with Gasteiger partial charge in [-0.2, -0.15) is 0 Å². The maximum absolute atomic E-state index is 6.58. The van der Waals surface area contributed by atoms with Crippen LogP contribution >= 0.6 is 0 Å². The van der Waals surface area contributed by atoms with Crippen LogP contribution < -0.4 is 10.4 Å². The molecule has 51 heavy (non-hydrogen) atoms. The summed E-state index contributed by atoms with van der Waals surface area (Å²) in [7, 11) is 0. The molecule has 0 saturated carbocycles. The fourth-order valence-electron chi connectivity index (χ4n) is 7.61. The van der Waals surface area contributed by atoms with Crippen molar-refractivity contribution in [2.75, 3.05) is 0 Å². The van der Waals surface area contributed by atoms with Gasteiger partial charge in [0.15, 0.2) is 17.5 Å². The van der Waals surface area contributed by atoms with E-state index in [1.54, 1.807) is 0 Å². The molecule has 9 aromatic rings. The Kier molecular flexibility index (Phi) is 6.91. The lowest BCUT2D eigenvalue weighted by molar-refractivity contribution is 0.669. The van der Waals surface area contributed by atoms with Crippen LogP contribution in [0.1, 0.15) is 24.2 Å². The molecule has 10 rings (SSSR count). The van der Waals surface area contributed by atoms with Crippen LogP contribution in [0.5, 0.6) is 0 Å². The van der Waals surface area contributed by atoms with Crippen molar-refractivity contribution in [1.82, 2.24) is 15.0 Å². The Labute approximate surface area is 294 Å². The zero-order valence-electron chi connectivity index (χ0n) is 27.8. The van der Waals surface area contributed by atoms with E-state index in [9.17, 15) is 0 Å². The molecule has 7 aromatic carbocycles. The molecule has 0 saturated heterocycles. The Morgan fingerprint density at radius 3 is 1.73 bits per heavy atom. The molecule has 0 aliphatic heterocycles. The molecule has 0 radical (unpaired) electrons. The van der Waals surface area contributed by atoms with Crippen LogP contribution in [0.15, 0.2) is 168 Å². The maximum atomic E-state index is 6.58. The summed E-state index contributed by atoms with van der Waals surface area (Å²) in [6.45, 7) is 0. The summed E-state index contributed by atoms with van der Waals surface area (Å²) >= 11 is 0. The second-order valence-corrected chi connectivity index (χ2v) is 13.1. The van der Waals surface area contributed by atoms with Crippen LogP contribution in [0.2, 0.25) is 0 Å². The zero-order chi connectivity index (χ0) is 33.7. The second-order valence-electron chi connectivity index (χ2n) is 13.1. The molecule has 1 aliphatic rings. The molecule has 0 bridgehead atoms. The number of furan rings is 1. The van der Waals surface area contributed by atoms with Crippen molar-refractivity contribution in [3.8, 4) is 33.9 Å². The lowest BCUT2D eigenvalue weighted by atomic mass is 9.87. The summed E-state index contributed by atoms with van der Waals surface area (Å²) in [5, 5.41) is 7.12. The molecule has 0 fully saturated rings. The Balaban J connectivity index is 1.15. The number of benzene rings is 7. The normalized spacial score (nSPS) is 12.9. The van der Waals surface area contributed by atoms with Gasteiger partial charge in [-0.1, -0.05) is 140 Å². The van der Waals surface area contributed by atoms with E-state index >= 15 is 0 Å². The molecule has 4 nitrogen and oxygen atoms in total. The first kappa shape index (κ1) is 29.3. The highest BCUT2D eigenvalue weighted by Crippen LogP contribution is 2.38. The number of hydrogen-bond donors (Lipinski definition) is 0. The monoisotopic (exact) mass is 653 g/mol. The third-order valence-corrected chi connectivity index (χ3v) is 10.1. The number of rotatable bonds is 5. The fraction of sp³-hybridized carbons (Fsp3) is 0.0426. The van der Waals surface area contributed by atoms with Crippen molar-refractivity contribution in [2.45, 2.75) is 12.8 Å². The predicted molar refractivity (Wildman–Crippen MR) is 207 cm³/mol. The van der Waals surface area contributed by atoms with Crippen LogP contribution in [0.3, 0.4) is 0 Å². The van der Waals surface area contributed by atoms with Gasteiger partial charge in [-0.05, 0) is 80.6 Å². The number of aromatic nitrogens is 3. The van der Waals surface area contributed by atoms with Gasteiger partial charge < -0.3 is 4.42 Å². The molecule has 2 aromatic heterocycles. The average molecular weight is 654 g/mol. The smallest absolute Gasteiger partial charge is 0.164 e. The largest absolute Gasteiger partial charge is 0.456 e. The molecule has 0 amide bonds. The first-order chi connectivity index (χ1) is 25.3. The minimum absolute atomic E-state index is 0.678. The van der Waals surface area contributed by atoms with Crippen LogP contribution in [0, 0.1) is 0 Å². The van der Waals surface area contributed by atoms with Gasteiger partial charge in [0, 0.05) is 27.5 Å². The van der Waals surface area contributed by atoms with Crippen molar-refractivity contribution in [2.24, 2.45) is 0 Å². The summed E-state index contributed by atoms with van der Waals surface area (Å²) in [4.78, 5) is 15.1. The quantitative estimate of drug-likeness (QED) is 0.186. The zero-order valence-corrected chi connectivity index (χ0v) is 27.8. The van der Waals surface area contributed by atoms with Crippen molar-refractivity contribution in [3.63, 3.8) is 0 Å². The third kappa shape index (κ3) is 5.12. The molecule has 240 valence electrons. The Bertz CT molecular complexity index is 2850. The lowest BCUT2D eigenvalue weighted by Crippen LogP contribution is -2.33. The first-order valence-corrected chi connectivity index (χ1v) is 17.4. The molecule has 0 unspecified atom stereocenters. The Morgan fingerprint density at radius 1 is 0.392 bits per heavy atom. The van der Waals surface area contributed by atoms with E-state index in [2.05, 4.69) is 127 Å². The standard InChI is InChI=1S/C47H31N3O/c1-3-13-31(14-4-1)45-48-46(32-15-5-2-6-16-32)50-47(49-45)40-27-26-38(36-18-9-10-19-37(36)40)39-20-11-21-42-44(39)41-25-24-35(29-43(41)51-42)34-23-22-30-12-7-8-17-33(30)28-34/h1-25,28-29H,26-27H2. The van der Waals surface area contributed by atoms with E-state index in [0.29, 0.717) is 11.6 Å². The third-order valence-electron chi connectivity index (χ3n) is 10.1. The van der Waals surface area contributed by atoms with Crippen LogP contribution in [0.25, 0.3) is 77.8 Å². The van der Waals surface area contributed by atoms with E-state index in [0.717, 1.165) is 68.1 Å². The molecular weight excluding hydrogens is 623 g/mol. The van der Waals surface area contributed by atoms with Crippen molar-refractivity contribution in [3.05, 3.63) is 186 Å². The molecule has 4 heteroatoms. The minimum atomic E-state index is 0.678. The summed E-state index contributed by atoms with van der Waals surface area (Å²) in [6, 6.07) is 57.2. The van der Waals surface area contributed by atoms with Crippen LogP contribution in [0.4, 0.5) is 0 Å². The summed E-state index contributed by atoms with van der Waals surface area (Å²) in [5.74, 6) is 2.08. The minimum Gasteiger partial charge on any atom is -0.456 e. The first-order valence-electron chi connectivity index (χ1n) is 17.4. The van der Waals surface area contributed by atoms with Crippen molar-refractivity contribution >= 4 is 43.9 Å². The molecule has 0 atom stereocenters. The highest BCUT2D eigenvalue weighted by atomic mass is 16.3. The number of nitrogens with zero attached hydrogens (tertiary/aromatic N) is 3. The van der Waals surface area contributed by atoms with E-state index in [1.165, 1.54) is 32.7 Å². The topological polar surface area (TPSA) is 51.8 Å². The number of hydrogen-bond acceptors (Lipinski definition) is 4. The predicted octanol–water partition coefficient (Wildman–Crippen LogP) is 10.1. The Morgan fingerprint density at radius 2 is 0.980 bits per heavy atom. The van der Waals surface area contributed by atoms with Gasteiger partial charge in [0.25, 0.3) is 0 Å². The van der Waals surface area contributed by atoms with Gasteiger partial charge in [0.1, 0.15) is 11.2 Å². The van der Waals surface area contributed by atoms with Gasteiger partial charge >= 0.3 is 0 Å². The van der Waals surface area contributed by atoms with Gasteiger partial charge in [0.05, 0.1) is 0 Å².